The Morgan fingerprint density at radius 1 is 1.00 bits per heavy atom. The van der Waals surface area contributed by atoms with Crippen molar-refractivity contribution >= 4 is 17.2 Å². The van der Waals surface area contributed by atoms with Crippen LogP contribution in [0.5, 0.6) is 5.75 Å². The molecule has 0 fully saturated rings. The molecule has 0 unspecified atom stereocenters. The number of carbonyl (C=O) groups excluding carboxylic acids is 1. The molecule has 0 saturated carbocycles. The molecule has 126 valence electrons. The summed E-state index contributed by atoms with van der Waals surface area (Å²) in [6, 6.07) is 15.0. The van der Waals surface area contributed by atoms with Crippen LogP contribution in [-0.4, -0.2) is 13.0 Å². The van der Waals surface area contributed by atoms with Crippen molar-refractivity contribution in [2.75, 3.05) is 12.4 Å². The van der Waals surface area contributed by atoms with E-state index in [1.54, 1.807) is 7.11 Å². The van der Waals surface area contributed by atoms with Gasteiger partial charge in [-0.25, -0.2) is 0 Å². The van der Waals surface area contributed by atoms with Gasteiger partial charge in [-0.1, -0.05) is 51.1 Å². The van der Waals surface area contributed by atoms with Gasteiger partial charge in [-0.05, 0) is 47.7 Å². The van der Waals surface area contributed by atoms with Crippen LogP contribution in [0.3, 0.4) is 0 Å². The van der Waals surface area contributed by atoms with Gasteiger partial charge in [0.05, 0.1) is 12.8 Å². The van der Waals surface area contributed by atoms with Crippen LogP contribution in [0.2, 0.25) is 0 Å². The second-order valence-electron chi connectivity index (χ2n) is 6.93. The van der Waals surface area contributed by atoms with Gasteiger partial charge in [-0.2, -0.15) is 0 Å². The van der Waals surface area contributed by atoms with E-state index in [1.807, 2.05) is 48.5 Å². The Labute approximate surface area is 144 Å². The zero-order valence-corrected chi connectivity index (χ0v) is 15.0. The highest BCUT2D eigenvalue weighted by Gasteiger charge is 2.11. The molecule has 3 nitrogen and oxygen atoms in total. The highest BCUT2D eigenvalue weighted by Crippen LogP contribution is 2.25. The van der Waals surface area contributed by atoms with Crippen molar-refractivity contribution < 1.29 is 9.53 Å². The molecule has 0 heterocycles. The van der Waals surface area contributed by atoms with Crippen molar-refractivity contribution in [2.24, 2.45) is 5.41 Å². The standard InChI is InChI=1S/C21H25NO2/c1-15(14-21(2,3)4)16-10-12-17(13-11-16)20(23)22-18-8-6-7-9-19(18)24-5/h6-14H,1-5H3,(H,22,23)/b15-14+. The van der Waals surface area contributed by atoms with Crippen molar-refractivity contribution in [3.8, 4) is 5.75 Å². The number of anilines is 1. The molecule has 0 aliphatic carbocycles. The Morgan fingerprint density at radius 2 is 1.58 bits per heavy atom. The number of amides is 1. The summed E-state index contributed by atoms with van der Waals surface area (Å²) in [5.74, 6) is 0.495. The number of hydrogen-bond donors (Lipinski definition) is 1. The third kappa shape index (κ3) is 4.72. The molecule has 0 atom stereocenters. The van der Waals surface area contributed by atoms with Crippen LogP contribution < -0.4 is 10.1 Å². The van der Waals surface area contributed by atoms with Gasteiger partial charge in [-0.15, -0.1) is 0 Å². The maximum absolute atomic E-state index is 12.4. The molecule has 3 heteroatoms. The summed E-state index contributed by atoms with van der Waals surface area (Å²) in [5, 5.41) is 2.89. The predicted molar refractivity (Wildman–Crippen MR) is 100 cm³/mol. The second kappa shape index (κ2) is 7.35. The molecule has 0 radical (unpaired) electrons. The van der Waals surface area contributed by atoms with E-state index >= 15 is 0 Å². The lowest BCUT2D eigenvalue weighted by atomic mass is 9.91. The second-order valence-corrected chi connectivity index (χ2v) is 6.93. The number of carbonyl (C=O) groups is 1. The lowest BCUT2D eigenvalue weighted by Gasteiger charge is -2.15. The molecule has 0 spiro atoms. The van der Waals surface area contributed by atoms with Gasteiger partial charge in [-0.3, -0.25) is 4.79 Å². The van der Waals surface area contributed by atoms with Gasteiger partial charge >= 0.3 is 0 Å². The van der Waals surface area contributed by atoms with Crippen LogP contribution in [0.25, 0.3) is 5.57 Å². The fraction of sp³-hybridized carbons (Fsp3) is 0.286. The highest BCUT2D eigenvalue weighted by molar-refractivity contribution is 6.05. The van der Waals surface area contributed by atoms with Crippen LogP contribution in [0.1, 0.15) is 43.6 Å². The summed E-state index contributed by atoms with van der Waals surface area (Å²) in [7, 11) is 1.59. The van der Waals surface area contributed by atoms with Crippen molar-refractivity contribution in [2.45, 2.75) is 27.7 Å². The molecule has 0 aliphatic rings. The maximum atomic E-state index is 12.4. The van der Waals surface area contributed by atoms with Gasteiger partial charge in [0.15, 0.2) is 0 Å². The number of hydrogen-bond acceptors (Lipinski definition) is 2. The van der Waals surface area contributed by atoms with E-state index in [1.165, 1.54) is 5.57 Å². The Balaban J connectivity index is 2.16. The molecule has 0 aromatic heterocycles. The third-order valence-corrected chi connectivity index (χ3v) is 3.61. The Hall–Kier alpha value is -2.55. The van der Waals surface area contributed by atoms with Crippen LogP contribution in [0.4, 0.5) is 5.69 Å². The Bertz CT molecular complexity index is 737. The summed E-state index contributed by atoms with van der Waals surface area (Å²) < 4.78 is 5.26. The minimum atomic E-state index is -0.150. The minimum absolute atomic E-state index is 0.129. The van der Waals surface area contributed by atoms with Gasteiger partial charge in [0.25, 0.3) is 5.91 Å². The van der Waals surface area contributed by atoms with Crippen molar-refractivity contribution in [3.05, 3.63) is 65.7 Å². The van der Waals surface area contributed by atoms with E-state index in [0.717, 1.165) is 5.56 Å². The first-order chi connectivity index (χ1) is 11.3. The number of ether oxygens (including phenoxy) is 1. The van der Waals surface area contributed by atoms with Gasteiger partial charge in [0, 0.05) is 5.56 Å². The molecule has 1 N–H and O–H groups in total. The summed E-state index contributed by atoms with van der Waals surface area (Å²) in [4.78, 5) is 12.4. The van der Waals surface area contributed by atoms with E-state index < -0.39 is 0 Å². The molecule has 2 rings (SSSR count). The normalized spacial score (nSPS) is 12.0. The van der Waals surface area contributed by atoms with Crippen LogP contribution in [0.15, 0.2) is 54.6 Å². The van der Waals surface area contributed by atoms with Crippen molar-refractivity contribution in [3.63, 3.8) is 0 Å². The predicted octanol–water partition coefficient (Wildman–Crippen LogP) is 5.40. The van der Waals surface area contributed by atoms with Gasteiger partial charge in [0.2, 0.25) is 0 Å². The molecule has 1 amide bonds. The van der Waals surface area contributed by atoms with E-state index in [9.17, 15) is 4.79 Å². The fourth-order valence-corrected chi connectivity index (χ4v) is 2.56. The van der Waals surface area contributed by atoms with Gasteiger partial charge < -0.3 is 10.1 Å². The molecule has 0 saturated heterocycles. The molecule has 24 heavy (non-hydrogen) atoms. The monoisotopic (exact) mass is 323 g/mol. The summed E-state index contributed by atoms with van der Waals surface area (Å²) in [6.45, 7) is 8.61. The van der Waals surface area contributed by atoms with E-state index in [2.05, 4.69) is 39.1 Å². The third-order valence-electron chi connectivity index (χ3n) is 3.61. The van der Waals surface area contributed by atoms with Crippen molar-refractivity contribution in [1.82, 2.24) is 0 Å². The molecule has 2 aromatic rings. The average Bonchev–Trinajstić information content (AvgIpc) is 2.54. The first-order valence-corrected chi connectivity index (χ1v) is 8.04. The first kappa shape index (κ1) is 17.8. The zero-order chi connectivity index (χ0) is 17.7. The number of para-hydroxylation sites is 2. The molecular weight excluding hydrogens is 298 g/mol. The van der Waals surface area contributed by atoms with Crippen molar-refractivity contribution in [1.29, 1.82) is 0 Å². The number of methoxy groups -OCH3 is 1. The molecule has 0 bridgehead atoms. The summed E-state index contributed by atoms with van der Waals surface area (Å²) in [6.07, 6.45) is 2.23. The lowest BCUT2D eigenvalue weighted by Crippen LogP contribution is -2.12. The quantitative estimate of drug-likeness (QED) is 0.818. The van der Waals surface area contributed by atoms with Crippen LogP contribution in [-0.2, 0) is 0 Å². The highest BCUT2D eigenvalue weighted by atomic mass is 16.5. The van der Waals surface area contributed by atoms with E-state index in [4.69, 9.17) is 4.74 Å². The number of benzene rings is 2. The lowest BCUT2D eigenvalue weighted by molar-refractivity contribution is 0.102. The average molecular weight is 323 g/mol. The zero-order valence-electron chi connectivity index (χ0n) is 15.0. The smallest absolute Gasteiger partial charge is 0.255 e. The number of nitrogens with one attached hydrogen (secondary N) is 1. The Kier molecular flexibility index (Phi) is 5.45. The first-order valence-electron chi connectivity index (χ1n) is 8.04. The summed E-state index contributed by atoms with van der Waals surface area (Å²) >= 11 is 0. The minimum Gasteiger partial charge on any atom is -0.495 e. The number of allylic oxidation sites excluding steroid dienone is 2. The SMILES string of the molecule is COc1ccccc1NC(=O)c1ccc(/C(C)=C/C(C)(C)C)cc1. The molecular formula is C21H25NO2. The van der Waals surface area contributed by atoms with E-state index in [0.29, 0.717) is 17.0 Å². The molecule has 2 aromatic carbocycles. The largest absolute Gasteiger partial charge is 0.495 e. The summed E-state index contributed by atoms with van der Waals surface area (Å²) in [5.41, 5.74) is 3.74. The number of rotatable bonds is 4. The Morgan fingerprint density at radius 3 is 2.17 bits per heavy atom. The van der Waals surface area contributed by atoms with Crippen LogP contribution >= 0.6 is 0 Å². The molecule has 0 aliphatic heterocycles. The van der Waals surface area contributed by atoms with Gasteiger partial charge in [0.1, 0.15) is 5.75 Å². The van der Waals surface area contributed by atoms with Crippen LogP contribution in [0, 0.1) is 5.41 Å². The van der Waals surface area contributed by atoms with E-state index in [-0.39, 0.29) is 11.3 Å². The topological polar surface area (TPSA) is 38.3 Å². The maximum Gasteiger partial charge on any atom is 0.255 e. The fourth-order valence-electron chi connectivity index (χ4n) is 2.56.